The third-order valence-corrected chi connectivity index (χ3v) is 4.37. The van der Waals surface area contributed by atoms with Crippen LogP contribution < -0.4 is 11.1 Å². The Morgan fingerprint density at radius 1 is 1.06 bits per heavy atom. The van der Waals surface area contributed by atoms with Crippen molar-refractivity contribution in [2.24, 2.45) is 11.1 Å². The summed E-state index contributed by atoms with van der Waals surface area (Å²) in [5.41, 5.74) is 6.11. The second kappa shape index (κ2) is 21.8. The molecule has 0 fully saturated rings. The first kappa shape index (κ1) is 34.2. The number of ether oxygens (including phenoxy) is 1. The van der Waals surface area contributed by atoms with Crippen LogP contribution in [0.4, 0.5) is 0 Å². The molecule has 0 aromatic heterocycles. The van der Waals surface area contributed by atoms with Gasteiger partial charge in [0.2, 0.25) is 5.91 Å². The molecule has 1 atom stereocenters. The number of nitrogens with zero attached hydrogens (tertiary/aromatic N) is 1. The second-order valence-corrected chi connectivity index (χ2v) is 8.89. The van der Waals surface area contributed by atoms with Crippen molar-refractivity contribution < 1.29 is 14.3 Å². The molecule has 3 N–H and O–H groups in total. The molecule has 186 valence electrons. The summed E-state index contributed by atoms with van der Waals surface area (Å²) in [7, 11) is 3.68. The van der Waals surface area contributed by atoms with E-state index in [1.807, 2.05) is 27.8 Å². The molecule has 1 unspecified atom stereocenters. The first-order valence-electron chi connectivity index (χ1n) is 11.9. The van der Waals surface area contributed by atoms with Gasteiger partial charge < -0.3 is 20.7 Å². The van der Waals surface area contributed by atoms with Crippen LogP contribution in [0.3, 0.4) is 0 Å². The zero-order valence-electron chi connectivity index (χ0n) is 22.3. The van der Waals surface area contributed by atoms with Crippen molar-refractivity contribution in [2.45, 2.75) is 100.0 Å². The van der Waals surface area contributed by atoms with Crippen LogP contribution in [0, 0.1) is 5.41 Å². The molecule has 1 amide bonds. The molecule has 0 bridgehead atoms. The molecule has 6 nitrogen and oxygen atoms in total. The van der Waals surface area contributed by atoms with Crippen LogP contribution in [-0.2, 0) is 14.3 Å². The van der Waals surface area contributed by atoms with Gasteiger partial charge in [-0.3, -0.25) is 4.79 Å². The van der Waals surface area contributed by atoms with Crippen LogP contribution >= 0.6 is 0 Å². The predicted octanol–water partition coefficient (Wildman–Crippen LogP) is 4.92. The monoisotopic (exact) mass is 443 g/mol. The van der Waals surface area contributed by atoms with Gasteiger partial charge in [-0.2, -0.15) is 0 Å². The molecule has 0 saturated heterocycles. The first-order valence-corrected chi connectivity index (χ1v) is 11.9. The maximum atomic E-state index is 12.1. The van der Waals surface area contributed by atoms with E-state index in [9.17, 15) is 9.59 Å². The molecule has 0 spiro atoms. The lowest BCUT2D eigenvalue weighted by Gasteiger charge is -2.29. The van der Waals surface area contributed by atoms with Gasteiger partial charge in [0.05, 0.1) is 12.6 Å². The third kappa shape index (κ3) is 21.6. The van der Waals surface area contributed by atoms with E-state index in [-0.39, 0.29) is 17.3 Å². The summed E-state index contributed by atoms with van der Waals surface area (Å²) >= 11 is 0. The molecule has 0 heterocycles. The Bertz CT molecular complexity index is 465. The van der Waals surface area contributed by atoms with Gasteiger partial charge in [-0.05, 0) is 39.3 Å². The standard InChI is InChI=1S/C14H26N2O3.C8H19N.C3H8/c1-7-19-13(18)10(2)8-9-16(6)12(17)11(15)14(3,4)5;1-3-4-5-6-7-8-9-2;1-3-2/h8,11H,7,9,15H2,1-6H3;9H,3-8H2,1-2H3;3H2,1-2H3/b10-8+;;. The van der Waals surface area contributed by atoms with Gasteiger partial charge in [0.25, 0.3) is 0 Å². The van der Waals surface area contributed by atoms with Crippen LogP contribution in [0.25, 0.3) is 0 Å². The molecule has 0 aliphatic carbocycles. The van der Waals surface area contributed by atoms with Crippen molar-refractivity contribution in [3.8, 4) is 0 Å². The number of carbonyl (C=O) groups is 2. The quantitative estimate of drug-likeness (QED) is 0.269. The Balaban J connectivity index is -0.000000542. The topological polar surface area (TPSA) is 84.7 Å². The lowest BCUT2D eigenvalue weighted by atomic mass is 9.86. The number of rotatable bonds is 11. The maximum Gasteiger partial charge on any atom is 0.333 e. The van der Waals surface area contributed by atoms with E-state index >= 15 is 0 Å². The molecule has 0 saturated carbocycles. The van der Waals surface area contributed by atoms with E-state index in [2.05, 4.69) is 26.1 Å². The van der Waals surface area contributed by atoms with Crippen LogP contribution in [0.2, 0.25) is 0 Å². The van der Waals surface area contributed by atoms with Crippen LogP contribution in [0.5, 0.6) is 0 Å². The van der Waals surface area contributed by atoms with Gasteiger partial charge in [-0.1, -0.05) is 79.7 Å². The van der Waals surface area contributed by atoms with Gasteiger partial charge in [0.15, 0.2) is 0 Å². The van der Waals surface area contributed by atoms with Crippen molar-refractivity contribution in [3.05, 3.63) is 11.6 Å². The van der Waals surface area contributed by atoms with E-state index in [0.717, 1.165) is 0 Å². The number of hydrogen-bond donors (Lipinski definition) is 2. The summed E-state index contributed by atoms with van der Waals surface area (Å²) in [6, 6.07) is -0.561. The summed E-state index contributed by atoms with van der Waals surface area (Å²) in [4.78, 5) is 25.0. The number of esters is 1. The first-order chi connectivity index (χ1) is 14.4. The largest absolute Gasteiger partial charge is 0.463 e. The predicted molar refractivity (Wildman–Crippen MR) is 134 cm³/mol. The molecular formula is C25H53N3O3. The summed E-state index contributed by atoms with van der Waals surface area (Å²) in [6.07, 6.45) is 9.83. The van der Waals surface area contributed by atoms with E-state index in [1.165, 1.54) is 50.0 Å². The van der Waals surface area contributed by atoms with Gasteiger partial charge in [-0.25, -0.2) is 4.79 Å². The fraction of sp³-hybridized carbons (Fsp3) is 0.840. The minimum Gasteiger partial charge on any atom is -0.463 e. The number of carbonyl (C=O) groups excluding carboxylic acids is 2. The molecule has 0 aliphatic rings. The molecule has 0 aromatic rings. The Labute approximate surface area is 193 Å². The lowest BCUT2D eigenvalue weighted by molar-refractivity contribution is -0.138. The highest BCUT2D eigenvalue weighted by Gasteiger charge is 2.29. The van der Waals surface area contributed by atoms with Gasteiger partial charge in [-0.15, -0.1) is 0 Å². The van der Waals surface area contributed by atoms with Gasteiger partial charge in [0, 0.05) is 19.2 Å². The maximum absolute atomic E-state index is 12.1. The summed E-state index contributed by atoms with van der Waals surface area (Å²) in [6.45, 7) is 17.5. The minimum atomic E-state index is -0.561. The van der Waals surface area contributed by atoms with Crippen molar-refractivity contribution >= 4 is 11.9 Å². The molecule has 0 rings (SSSR count). The zero-order chi connectivity index (χ0) is 24.9. The third-order valence-electron chi connectivity index (χ3n) is 4.37. The number of amides is 1. The number of unbranched alkanes of at least 4 members (excludes halogenated alkanes) is 4. The van der Waals surface area contributed by atoms with Crippen LogP contribution in [0.1, 0.15) is 93.9 Å². The van der Waals surface area contributed by atoms with E-state index in [0.29, 0.717) is 18.7 Å². The number of likely N-dealkylation sites (N-methyl/N-ethyl adjacent to an activating group) is 1. The molecular weight excluding hydrogens is 390 g/mol. The minimum absolute atomic E-state index is 0.139. The van der Waals surface area contributed by atoms with Crippen molar-refractivity contribution in [3.63, 3.8) is 0 Å². The fourth-order valence-corrected chi connectivity index (χ4v) is 2.21. The normalized spacial score (nSPS) is 12.0. The van der Waals surface area contributed by atoms with Crippen LogP contribution in [-0.4, -0.2) is 56.6 Å². The summed E-state index contributed by atoms with van der Waals surface area (Å²) < 4.78 is 4.86. The van der Waals surface area contributed by atoms with Crippen LogP contribution in [0.15, 0.2) is 11.6 Å². The Hall–Kier alpha value is -1.40. The lowest BCUT2D eigenvalue weighted by Crippen LogP contribution is -2.49. The smallest absolute Gasteiger partial charge is 0.333 e. The average Bonchev–Trinajstić information content (AvgIpc) is 2.71. The SMILES string of the molecule is CCC.CCCCCCCNC.CCOC(=O)/C(C)=C/CN(C)C(=O)C(N)C(C)(C)C. The zero-order valence-corrected chi connectivity index (χ0v) is 22.3. The Morgan fingerprint density at radius 2 is 1.58 bits per heavy atom. The van der Waals surface area contributed by atoms with E-state index < -0.39 is 6.04 Å². The van der Waals surface area contributed by atoms with E-state index in [1.54, 1.807) is 27.0 Å². The second-order valence-electron chi connectivity index (χ2n) is 8.89. The number of nitrogens with two attached hydrogens (primary N) is 1. The summed E-state index contributed by atoms with van der Waals surface area (Å²) in [5.74, 6) is -0.496. The van der Waals surface area contributed by atoms with E-state index in [4.69, 9.17) is 10.5 Å². The highest BCUT2D eigenvalue weighted by atomic mass is 16.5. The molecule has 0 radical (unpaired) electrons. The molecule has 0 aromatic carbocycles. The molecule has 6 heteroatoms. The Morgan fingerprint density at radius 3 is 2.00 bits per heavy atom. The Kier molecular flexibility index (Phi) is 24.1. The molecule has 0 aliphatic heterocycles. The summed E-state index contributed by atoms with van der Waals surface area (Å²) in [5, 5.41) is 3.14. The molecule has 31 heavy (non-hydrogen) atoms. The average molecular weight is 444 g/mol. The van der Waals surface area contributed by atoms with Crippen molar-refractivity contribution in [1.29, 1.82) is 0 Å². The van der Waals surface area contributed by atoms with Crippen molar-refractivity contribution in [1.82, 2.24) is 10.2 Å². The number of nitrogens with one attached hydrogen (secondary N) is 1. The van der Waals surface area contributed by atoms with Crippen molar-refractivity contribution in [2.75, 3.05) is 33.8 Å². The highest BCUT2D eigenvalue weighted by Crippen LogP contribution is 2.18. The van der Waals surface area contributed by atoms with Gasteiger partial charge in [0.1, 0.15) is 0 Å². The number of hydrogen-bond acceptors (Lipinski definition) is 5. The fourth-order valence-electron chi connectivity index (χ4n) is 2.21. The highest BCUT2D eigenvalue weighted by molar-refractivity contribution is 5.88. The van der Waals surface area contributed by atoms with Gasteiger partial charge >= 0.3 is 5.97 Å².